The van der Waals surface area contributed by atoms with Crippen LogP contribution in [0, 0.1) is 0 Å². The highest BCUT2D eigenvalue weighted by atomic mass is 16.5. The van der Waals surface area contributed by atoms with Crippen LogP contribution in [0.2, 0.25) is 0 Å². The molecule has 1 aromatic heterocycles. The van der Waals surface area contributed by atoms with E-state index in [4.69, 9.17) is 4.74 Å². The Kier molecular flexibility index (Phi) is 3.67. The number of hydrogen-bond donors (Lipinski definition) is 2. The van der Waals surface area contributed by atoms with Crippen LogP contribution in [-0.2, 0) is 11.3 Å². The molecule has 0 aliphatic rings. The monoisotopic (exact) mass is 278 g/mol. The number of carboxylic acids is 1. The number of rotatable bonds is 5. The lowest BCUT2D eigenvalue weighted by atomic mass is 10.1. The second-order valence-corrected chi connectivity index (χ2v) is 5.22. The third-order valence-electron chi connectivity index (χ3n) is 3.10. The standard InChI is InChI=1S/C14H18N2O4/c1-4-20-14(2,3)8-16-11-9(12(17)18)6-5-7-10(11)15-13(16)19/h5-7H,4,8H2,1-3H3,(H,15,19)(H,17,18). The van der Waals surface area contributed by atoms with Crippen molar-refractivity contribution in [3.63, 3.8) is 0 Å². The van der Waals surface area contributed by atoms with E-state index in [9.17, 15) is 14.7 Å². The van der Waals surface area contributed by atoms with Gasteiger partial charge in [-0.1, -0.05) is 6.07 Å². The number of imidazole rings is 1. The minimum absolute atomic E-state index is 0.105. The van der Waals surface area contributed by atoms with Crippen LogP contribution in [0.4, 0.5) is 0 Å². The van der Waals surface area contributed by atoms with Crippen molar-refractivity contribution in [1.82, 2.24) is 9.55 Å². The van der Waals surface area contributed by atoms with Crippen molar-refractivity contribution in [2.24, 2.45) is 0 Å². The van der Waals surface area contributed by atoms with Crippen LogP contribution in [0.15, 0.2) is 23.0 Å². The molecule has 0 radical (unpaired) electrons. The van der Waals surface area contributed by atoms with Crippen LogP contribution in [0.25, 0.3) is 11.0 Å². The van der Waals surface area contributed by atoms with E-state index in [1.807, 2.05) is 20.8 Å². The molecule has 0 unspecified atom stereocenters. The van der Waals surface area contributed by atoms with Gasteiger partial charge in [-0.25, -0.2) is 9.59 Å². The number of ether oxygens (including phenoxy) is 1. The van der Waals surface area contributed by atoms with Gasteiger partial charge in [-0.3, -0.25) is 4.57 Å². The van der Waals surface area contributed by atoms with E-state index in [0.29, 0.717) is 17.6 Å². The van der Waals surface area contributed by atoms with E-state index < -0.39 is 11.6 Å². The van der Waals surface area contributed by atoms with Gasteiger partial charge in [0.05, 0.1) is 28.7 Å². The minimum Gasteiger partial charge on any atom is -0.478 e. The van der Waals surface area contributed by atoms with Gasteiger partial charge in [0, 0.05) is 6.61 Å². The molecule has 0 fully saturated rings. The fourth-order valence-corrected chi connectivity index (χ4v) is 2.36. The van der Waals surface area contributed by atoms with E-state index in [1.54, 1.807) is 12.1 Å². The molecule has 108 valence electrons. The van der Waals surface area contributed by atoms with Crippen molar-refractivity contribution >= 4 is 17.0 Å². The number of hydrogen-bond acceptors (Lipinski definition) is 3. The smallest absolute Gasteiger partial charge is 0.337 e. The van der Waals surface area contributed by atoms with Crippen LogP contribution in [0.3, 0.4) is 0 Å². The molecule has 6 nitrogen and oxygen atoms in total. The fraction of sp³-hybridized carbons (Fsp3) is 0.429. The van der Waals surface area contributed by atoms with Gasteiger partial charge in [-0.05, 0) is 32.9 Å². The normalized spacial score (nSPS) is 11.9. The summed E-state index contributed by atoms with van der Waals surface area (Å²) < 4.78 is 7.01. The Morgan fingerprint density at radius 1 is 1.45 bits per heavy atom. The van der Waals surface area contributed by atoms with Gasteiger partial charge in [0.15, 0.2) is 0 Å². The van der Waals surface area contributed by atoms with Gasteiger partial charge >= 0.3 is 11.7 Å². The van der Waals surface area contributed by atoms with E-state index in [2.05, 4.69) is 4.98 Å². The molecule has 2 aromatic rings. The van der Waals surface area contributed by atoms with Crippen LogP contribution in [0.5, 0.6) is 0 Å². The number of carbonyl (C=O) groups is 1. The molecule has 0 aliphatic heterocycles. The molecule has 1 aromatic carbocycles. The largest absolute Gasteiger partial charge is 0.478 e. The molecule has 0 amide bonds. The van der Waals surface area contributed by atoms with E-state index in [-0.39, 0.29) is 17.8 Å². The van der Waals surface area contributed by atoms with Gasteiger partial charge in [0.25, 0.3) is 0 Å². The molecule has 0 aliphatic carbocycles. The minimum atomic E-state index is -1.06. The number of benzene rings is 1. The molecule has 1 heterocycles. The first kappa shape index (κ1) is 14.3. The van der Waals surface area contributed by atoms with Gasteiger partial charge in [-0.2, -0.15) is 0 Å². The second kappa shape index (κ2) is 5.13. The topological polar surface area (TPSA) is 84.3 Å². The third-order valence-corrected chi connectivity index (χ3v) is 3.10. The number of para-hydroxylation sites is 1. The van der Waals surface area contributed by atoms with Crippen molar-refractivity contribution in [3.05, 3.63) is 34.2 Å². The number of nitrogens with zero attached hydrogens (tertiary/aromatic N) is 1. The number of fused-ring (bicyclic) bond motifs is 1. The third kappa shape index (κ3) is 2.60. The first-order valence-electron chi connectivity index (χ1n) is 6.44. The Hall–Kier alpha value is -2.08. The molecule has 6 heteroatoms. The van der Waals surface area contributed by atoms with Gasteiger partial charge in [-0.15, -0.1) is 0 Å². The summed E-state index contributed by atoms with van der Waals surface area (Å²) in [6, 6.07) is 4.79. The zero-order chi connectivity index (χ0) is 14.9. The number of nitrogens with one attached hydrogen (secondary N) is 1. The summed E-state index contributed by atoms with van der Waals surface area (Å²) in [6.45, 7) is 6.42. The van der Waals surface area contributed by atoms with Crippen molar-refractivity contribution in [1.29, 1.82) is 0 Å². The average Bonchev–Trinajstić information content (AvgIpc) is 2.65. The number of aromatic carboxylic acids is 1. The molecule has 2 rings (SSSR count). The quantitative estimate of drug-likeness (QED) is 0.874. The molecular weight excluding hydrogens is 260 g/mol. The highest BCUT2D eigenvalue weighted by Gasteiger charge is 2.23. The zero-order valence-electron chi connectivity index (χ0n) is 11.8. The molecule has 0 atom stereocenters. The lowest BCUT2D eigenvalue weighted by molar-refractivity contribution is -0.0222. The molecule has 0 bridgehead atoms. The van der Waals surface area contributed by atoms with Crippen molar-refractivity contribution in [2.45, 2.75) is 32.9 Å². The Bertz CT molecular complexity index is 697. The highest BCUT2D eigenvalue weighted by Crippen LogP contribution is 2.19. The van der Waals surface area contributed by atoms with E-state index >= 15 is 0 Å². The summed E-state index contributed by atoms with van der Waals surface area (Å²) in [5, 5.41) is 9.26. The number of aromatic amines is 1. The predicted octanol–water partition coefficient (Wildman–Crippen LogP) is 1.84. The van der Waals surface area contributed by atoms with Gasteiger partial charge in [0.1, 0.15) is 0 Å². The summed E-state index contributed by atoms with van der Waals surface area (Å²) in [5.74, 6) is -1.06. The fourth-order valence-electron chi connectivity index (χ4n) is 2.36. The average molecular weight is 278 g/mol. The Labute approximate surface area is 116 Å². The summed E-state index contributed by atoms with van der Waals surface area (Å²) in [4.78, 5) is 26.0. The summed E-state index contributed by atoms with van der Waals surface area (Å²) in [7, 11) is 0. The van der Waals surface area contributed by atoms with Crippen LogP contribution < -0.4 is 5.69 Å². The van der Waals surface area contributed by atoms with Crippen LogP contribution in [0.1, 0.15) is 31.1 Å². The molecule has 0 saturated heterocycles. The maximum absolute atomic E-state index is 12.1. The Balaban J connectivity index is 2.61. The zero-order valence-corrected chi connectivity index (χ0v) is 11.8. The first-order chi connectivity index (χ1) is 9.35. The van der Waals surface area contributed by atoms with Crippen LogP contribution >= 0.6 is 0 Å². The number of H-pyrrole nitrogens is 1. The van der Waals surface area contributed by atoms with Crippen molar-refractivity contribution in [2.75, 3.05) is 6.61 Å². The van der Waals surface area contributed by atoms with E-state index in [1.165, 1.54) is 10.6 Å². The maximum Gasteiger partial charge on any atom is 0.337 e. The SMILES string of the molecule is CCOC(C)(C)Cn1c(=O)[nH]c2cccc(C(=O)O)c21. The maximum atomic E-state index is 12.1. The Morgan fingerprint density at radius 3 is 2.75 bits per heavy atom. The summed E-state index contributed by atoms with van der Waals surface area (Å²) in [6.07, 6.45) is 0. The summed E-state index contributed by atoms with van der Waals surface area (Å²) >= 11 is 0. The molecule has 20 heavy (non-hydrogen) atoms. The van der Waals surface area contributed by atoms with Gasteiger partial charge < -0.3 is 14.8 Å². The summed E-state index contributed by atoms with van der Waals surface area (Å²) in [5.41, 5.74) is 0.133. The lowest BCUT2D eigenvalue weighted by Gasteiger charge is -2.25. The number of aromatic nitrogens is 2. The molecular formula is C14H18N2O4. The Morgan fingerprint density at radius 2 is 2.15 bits per heavy atom. The van der Waals surface area contributed by atoms with E-state index in [0.717, 1.165) is 0 Å². The molecule has 0 saturated carbocycles. The van der Waals surface area contributed by atoms with Crippen molar-refractivity contribution in [3.8, 4) is 0 Å². The van der Waals surface area contributed by atoms with Crippen LogP contribution in [-0.4, -0.2) is 32.8 Å². The van der Waals surface area contributed by atoms with Gasteiger partial charge in [0.2, 0.25) is 0 Å². The number of carboxylic acid groups (broad SMARTS) is 1. The lowest BCUT2D eigenvalue weighted by Crippen LogP contribution is -2.34. The predicted molar refractivity (Wildman–Crippen MR) is 75.2 cm³/mol. The highest BCUT2D eigenvalue weighted by molar-refractivity contribution is 6.01. The molecule has 0 spiro atoms. The second-order valence-electron chi connectivity index (χ2n) is 5.22. The first-order valence-corrected chi connectivity index (χ1v) is 6.44. The van der Waals surface area contributed by atoms with Crippen molar-refractivity contribution < 1.29 is 14.6 Å². The molecule has 2 N–H and O–H groups in total.